The van der Waals surface area contributed by atoms with Crippen molar-refractivity contribution in [2.24, 2.45) is 7.05 Å². The minimum absolute atomic E-state index is 0.0874. The molecule has 0 atom stereocenters. The van der Waals surface area contributed by atoms with Crippen LogP contribution in [-0.4, -0.2) is 23.0 Å². The summed E-state index contributed by atoms with van der Waals surface area (Å²) in [5.74, 6) is -0.845. The number of sulfonamides is 1. The lowest BCUT2D eigenvalue weighted by Gasteiger charge is -2.03. The summed E-state index contributed by atoms with van der Waals surface area (Å²) in [7, 11) is -2.18. The number of anilines is 1. The molecule has 8 heteroatoms. The lowest BCUT2D eigenvalue weighted by Crippen LogP contribution is -2.14. The van der Waals surface area contributed by atoms with Crippen molar-refractivity contribution in [1.29, 1.82) is 0 Å². The summed E-state index contributed by atoms with van der Waals surface area (Å²) in [4.78, 5) is 7.10. The van der Waals surface area contributed by atoms with Crippen LogP contribution in [0.1, 0.15) is 0 Å². The van der Waals surface area contributed by atoms with Crippen molar-refractivity contribution in [2.75, 3.05) is 4.72 Å². The molecule has 2 heterocycles. The Kier molecular flexibility index (Phi) is 2.80. The van der Waals surface area contributed by atoms with Gasteiger partial charge in [0.2, 0.25) is 5.95 Å². The van der Waals surface area contributed by atoms with E-state index in [0.29, 0.717) is 0 Å². The van der Waals surface area contributed by atoms with Gasteiger partial charge in [0.25, 0.3) is 10.0 Å². The molecule has 0 saturated carbocycles. The number of halogens is 1. The van der Waals surface area contributed by atoms with Gasteiger partial charge in [-0.15, -0.1) is 0 Å². The molecule has 6 nitrogen and oxygen atoms in total. The van der Waals surface area contributed by atoms with Crippen molar-refractivity contribution in [1.82, 2.24) is 14.5 Å². The van der Waals surface area contributed by atoms with Crippen molar-refractivity contribution in [3.8, 4) is 0 Å². The van der Waals surface area contributed by atoms with Crippen LogP contribution in [0.4, 0.5) is 10.2 Å². The number of aromatic nitrogens is 3. The van der Waals surface area contributed by atoms with E-state index in [1.807, 2.05) is 0 Å². The first-order valence-corrected chi connectivity index (χ1v) is 6.09. The summed E-state index contributed by atoms with van der Waals surface area (Å²) in [6.45, 7) is 0. The van der Waals surface area contributed by atoms with Gasteiger partial charge in [-0.05, 0) is 12.1 Å². The van der Waals surface area contributed by atoms with E-state index < -0.39 is 16.0 Å². The Balaban J connectivity index is 2.29. The van der Waals surface area contributed by atoms with Crippen LogP contribution in [0.2, 0.25) is 0 Å². The summed E-state index contributed by atoms with van der Waals surface area (Å²) in [5, 5.41) is -0.147. The molecule has 0 spiro atoms. The fourth-order valence-electron chi connectivity index (χ4n) is 1.18. The van der Waals surface area contributed by atoms with Gasteiger partial charge in [-0.1, -0.05) is 6.07 Å². The van der Waals surface area contributed by atoms with Gasteiger partial charge >= 0.3 is 0 Å². The molecule has 1 N–H and O–H groups in total. The Morgan fingerprint density at radius 2 is 2.18 bits per heavy atom. The summed E-state index contributed by atoms with van der Waals surface area (Å²) >= 11 is 0. The predicted molar refractivity (Wildman–Crippen MR) is 58.2 cm³/mol. The second kappa shape index (κ2) is 4.13. The highest BCUT2D eigenvalue weighted by Gasteiger charge is 2.17. The highest BCUT2D eigenvalue weighted by Crippen LogP contribution is 2.11. The zero-order chi connectivity index (χ0) is 12.5. The molecule has 0 saturated heterocycles. The van der Waals surface area contributed by atoms with E-state index in [4.69, 9.17) is 0 Å². The van der Waals surface area contributed by atoms with Crippen molar-refractivity contribution < 1.29 is 12.8 Å². The Hall–Kier alpha value is -1.96. The van der Waals surface area contributed by atoms with Gasteiger partial charge in [-0.2, -0.15) is 12.8 Å². The van der Waals surface area contributed by atoms with E-state index in [0.717, 1.165) is 6.07 Å². The maximum absolute atomic E-state index is 12.8. The fourth-order valence-corrected chi connectivity index (χ4v) is 2.17. The number of pyridine rings is 1. The molecule has 0 amide bonds. The number of imidazole rings is 1. The van der Waals surface area contributed by atoms with Gasteiger partial charge in [0.15, 0.2) is 5.03 Å². The van der Waals surface area contributed by atoms with Crippen molar-refractivity contribution in [3.63, 3.8) is 0 Å². The molecule has 0 radical (unpaired) electrons. The predicted octanol–water partition coefficient (Wildman–Crippen LogP) is 0.755. The summed E-state index contributed by atoms with van der Waals surface area (Å²) in [6.07, 6.45) is 2.69. The van der Waals surface area contributed by atoms with Crippen LogP contribution in [0.3, 0.4) is 0 Å². The number of nitrogens with zero attached hydrogens (tertiary/aromatic N) is 3. The van der Waals surface area contributed by atoms with E-state index in [-0.39, 0.29) is 10.8 Å². The molecule has 0 aliphatic heterocycles. The SMILES string of the molecule is Cn1cnc(S(=O)(=O)Nc2cccc(F)n2)c1. The third kappa shape index (κ3) is 2.59. The van der Waals surface area contributed by atoms with Crippen LogP contribution in [0, 0.1) is 5.95 Å². The van der Waals surface area contributed by atoms with Gasteiger partial charge in [0.05, 0.1) is 6.33 Å². The number of rotatable bonds is 3. The molecule has 0 fully saturated rings. The number of nitrogens with one attached hydrogen (secondary N) is 1. The zero-order valence-electron chi connectivity index (χ0n) is 8.83. The summed E-state index contributed by atoms with van der Waals surface area (Å²) < 4.78 is 40.0. The topological polar surface area (TPSA) is 76.9 Å². The van der Waals surface area contributed by atoms with Gasteiger partial charge < -0.3 is 4.57 Å². The van der Waals surface area contributed by atoms with Crippen LogP contribution in [0.25, 0.3) is 0 Å². The Bertz CT molecular complexity index is 638. The molecular weight excluding hydrogens is 247 g/mol. The minimum atomic E-state index is -3.82. The Labute approximate surface area is 97.2 Å². The molecule has 0 aromatic carbocycles. The van der Waals surface area contributed by atoms with Crippen LogP contribution in [0.5, 0.6) is 0 Å². The van der Waals surface area contributed by atoms with Crippen LogP contribution in [0.15, 0.2) is 35.7 Å². The van der Waals surface area contributed by atoms with Gasteiger partial charge in [-0.25, -0.2) is 9.97 Å². The molecule has 90 valence electrons. The molecule has 2 aromatic heterocycles. The first-order chi connectivity index (χ1) is 7.97. The largest absolute Gasteiger partial charge is 0.339 e. The number of hydrogen-bond donors (Lipinski definition) is 1. The average Bonchev–Trinajstić information content (AvgIpc) is 2.65. The maximum atomic E-state index is 12.8. The van der Waals surface area contributed by atoms with E-state index in [9.17, 15) is 12.8 Å². The first-order valence-electron chi connectivity index (χ1n) is 4.61. The maximum Gasteiger partial charge on any atom is 0.282 e. The molecule has 0 aliphatic rings. The summed E-state index contributed by atoms with van der Waals surface area (Å²) in [6, 6.07) is 3.83. The first kappa shape index (κ1) is 11.5. The second-order valence-corrected chi connectivity index (χ2v) is 4.96. The average molecular weight is 256 g/mol. The quantitative estimate of drug-likeness (QED) is 0.822. The van der Waals surface area contributed by atoms with Gasteiger partial charge in [0.1, 0.15) is 5.82 Å². The molecule has 0 unspecified atom stereocenters. The van der Waals surface area contributed by atoms with Crippen LogP contribution < -0.4 is 4.72 Å². The van der Waals surface area contributed by atoms with E-state index in [2.05, 4.69) is 14.7 Å². The highest BCUT2D eigenvalue weighted by atomic mass is 32.2. The smallest absolute Gasteiger partial charge is 0.282 e. The lowest BCUT2D eigenvalue weighted by molar-refractivity contribution is 0.584. The van der Waals surface area contributed by atoms with E-state index >= 15 is 0 Å². The normalized spacial score (nSPS) is 11.4. The fraction of sp³-hybridized carbons (Fsp3) is 0.111. The van der Waals surface area contributed by atoms with Crippen molar-refractivity contribution in [3.05, 3.63) is 36.7 Å². The van der Waals surface area contributed by atoms with Crippen molar-refractivity contribution in [2.45, 2.75) is 5.03 Å². The second-order valence-electron chi connectivity index (χ2n) is 3.33. The molecular formula is C9H9FN4O2S. The monoisotopic (exact) mass is 256 g/mol. The molecule has 17 heavy (non-hydrogen) atoms. The molecule has 2 rings (SSSR count). The summed E-state index contributed by atoms with van der Waals surface area (Å²) in [5.41, 5.74) is 0. The van der Waals surface area contributed by atoms with Crippen LogP contribution >= 0.6 is 0 Å². The van der Waals surface area contributed by atoms with Crippen molar-refractivity contribution >= 4 is 15.8 Å². The van der Waals surface area contributed by atoms with E-state index in [1.165, 1.54) is 29.2 Å². The highest BCUT2D eigenvalue weighted by molar-refractivity contribution is 7.92. The third-order valence-electron chi connectivity index (χ3n) is 1.91. The standard InChI is InChI=1S/C9H9FN4O2S/c1-14-5-9(11-6-14)17(15,16)13-8-4-2-3-7(10)12-8/h2-6H,1H3,(H,12,13). The molecule has 0 aliphatic carbocycles. The number of aryl methyl sites for hydroxylation is 1. The lowest BCUT2D eigenvalue weighted by atomic mass is 10.5. The molecule has 0 bridgehead atoms. The van der Waals surface area contributed by atoms with E-state index in [1.54, 1.807) is 7.05 Å². The number of hydrogen-bond acceptors (Lipinski definition) is 4. The van der Waals surface area contributed by atoms with Crippen LogP contribution in [-0.2, 0) is 17.1 Å². The zero-order valence-corrected chi connectivity index (χ0v) is 9.65. The minimum Gasteiger partial charge on any atom is -0.339 e. The Morgan fingerprint density at radius 1 is 1.41 bits per heavy atom. The third-order valence-corrected chi connectivity index (χ3v) is 3.15. The van der Waals surface area contributed by atoms with Gasteiger partial charge in [0, 0.05) is 13.2 Å². The Morgan fingerprint density at radius 3 is 2.76 bits per heavy atom. The van der Waals surface area contributed by atoms with Gasteiger partial charge in [-0.3, -0.25) is 4.72 Å². The molecule has 2 aromatic rings.